The number of hydrazine groups is 1. The molecule has 0 saturated heterocycles. The molecule has 146 valence electrons. The molecular formula is C20H17ClN6O2. The van der Waals surface area contributed by atoms with Gasteiger partial charge in [-0.25, -0.2) is 14.6 Å². The fraction of sp³-hybridized carbons (Fsp3) is 0.100. The van der Waals surface area contributed by atoms with Crippen LogP contribution in [0.3, 0.4) is 0 Å². The summed E-state index contributed by atoms with van der Waals surface area (Å²) in [5.41, 5.74) is 8.37. The van der Waals surface area contributed by atoms with E-state index in [9.17, 15) is 4.79 Å². The molecule has 0 unspecified atom stereocenters. The van der Waals surface area contributed by atoms with Gasteiger partial charge in [0.15, 0.2) is 11.5 Å². The van der Waals surface area contributed by atoms with Crippen LogP contribution >= 0.6 is 11.6 Å². The fourth-order valence-corrected chi connectivity index (χ4v) is 3.03. The number of aromatic nitrogens is 4. The quantitative estimate of drug-likeness (QED) is 0.490. The van der Waals surface area contributed by atoms with Crippen LogP contribution < -0.4 is 15.6 Å². The number of carbonyl (C=O) groups excluding carboxylic acids is 1. The number of halogens is 1. The molecular weight excluding hydrogens is 392 g/mol. The van der Waals surface area contributed by atoms with Gasteiger partial charge in [0.05, 0.1) is 24.4 Å². The number of benzene rings is 2. The zero-order valence-electron chi connectivity index (χ0n) is 15.7. The molecule has 4 rings (SSSR count). The Bertz CT molecular complexity index is 1190. The van der Waals surface area contributed by atoms with Gasteiger partial charge >= 0.3 is 0 Å². The summed E-state index contributed by atoms with van der Waals surface area (Å²) >= 11 is 6.14. The summed E-state index contributed by atoms with van der Waals surface area (Å²) in [4.78, 5) is 20.9. The summed E-state index contributed by atoms with van der Waals surface area (Å²) in [5, 5.41) is 5.68. The van der Waals surface area contributed by atoms with Crippen LogP contribution in [0.5, 0.6) is 5.75 Å². The Morgan fingerprint density at radius 1 is 1.14 bits per heavy atom. The number of anilines is 1. The number of ether oxygens (including phenoxy) is 1. The minimum atomic E-state index is -0.308. The number of hydrogen-bond acceptors (Lipinski definition) is 6. The van der Waals surface area contributed by atoms with Gasteiger partial charge in [0.25, 0.3) is 5.91 Å². The van der Waals surface area contributed by atoms with Crippen LogP contribution in [0.2, 0.25) is 5.02 Å². The highest BCUT2D eigenvalue weighted by atomic mass is 35.5. The Balaban J connectivity index is 1.59. The number of aryl methyl sites for hydroxylation is 1. The first-order valence-electron chi connectivity index (χ1n) is 8.72. The molecule has 0 fully saturated rings. The highest BCUT2D eigenvalue weighted by molar-refractivity contribution is 6.30. The molecule has 0 bridgehead atoms. The van der Waals surface area contributed by atoms with Crippen molar-refractivity contribution in [2.24, 2.45) is 0 Å². The molecule has 8 nitrogen and oxygen atoms in total. The maximum atomic E-state index is 12.4. The molecule has 9 heteroatoms. The van der Waals surface area contributed by atoms with Crippen LogP contribution in [0.4, 0.5) is 5.82 Å². The second-order valence-electron chi connectivity index (χ2n) is 6.25. The number of methoxy groups -OCH3 is 1. The predicted octanol–water partition coefficient (Wildman–Crippen LogP) is 3.54. The first-order valence-corrected chi connectivity index (χ1v) is 9.10. The second kappa shape index (κ2) is 7.76. The van der Waals surface area contributed by atoms with Crippen molar-refractivity contribution in [2.45, 2.75) is 6.92 Å². The van der Waals surface area contributed by atoms with E-state index in [0.29, 0.717) is 33.2 Å². The Morgan fingerprint density at radius 3 is 2.69 bits per heavy atom. The maximum absolute atomic E-state index is 12.4. The number of rotatable bonds is 5. The van der Waals surface area contributed by atoms with E-state index in [1.54, 1.807) is 42.3 Å². The van der Waals surface area contributed by atoms with Crippen LogP contribution in [-0.2, 0) is 0 Å². The number of nitrogens with zero attached hydrogens (tertiary/aromatic N) is 4. The number of nitrogens with one attached hydrogen (secondary N) is 2. The van der Waals surface area contributed by atoms with E-state index in [1.807, 2.05) is 25.1 Å². The Labute approximate surface area is 171 Å². The molecule has 2 heterocycles. The summed E-state index contributed by atoms with van der Waals surface area (Å²) in [5.74, 6) is 0.802. The van der Waals surface area contributed by atoms with Crippen LogP contribution in [0, 0.1) is 6.92 Å². The van der Waals surface area contributed by atoms with Crippen molar-refractivity contribution in [1.82, 2.24) is 25.2 Å². The van der Waals surface area contributed by atoms with Crippen molar-refractivity contribution in [2.75, 3.05) is 12.5 Å². The van der Waals surface area contributed by atoms with Gasteiger partial charge in [0, 0.05) is 10.6 Å². The Hall–Kier alpha value is -3.65. The average Bonchev–Trinajstić information content (AvgIpc) is 3.18. The lowest BCUT2D eigenvalue weighted by Crippen LogP contribution is -2.29. The van der Waals surface area contributed by atoms with Crippen molar-refractivity contribution in [3.05, 3.63) is 71.1 Å². The molecule has 29 heavy (non-hydrogen) atoms. The van der Waals surface area contributed by atoms with E-state index >= 15 is 0 Å². The third-order valence-electron chi connectivity index (χ3n) is 4.41. The van der Waals surface area contributed by atoms with Crippen molar-refractivity contribution < 1.29 is 9.53 Å². The molecule has 0 saturated carbocycles. The third-order valence-corrected chi connectivity index (χ3v) is 4.65. The molecule has 2 aromatic carbocycles. The van der Waals surface area contributed by atoms with Gasteiger partial charge in [0.2, 0.25) is 0 Å². The molecule has 0 aliphatic rings. The van der Waals surface area contributed by atoms with Crippen molar-refractivity contribution in [3.63, 3.8) is 0 Å². The van der Waals surface area contributed by atoms with Crippen molar-refractivity contribution >= 4 is 34.4 Å². The zero-order chi connectivity index (χ0) is 20.4. The Kier molecular flexibility index (Phi) is 5.01. The second-order valence-corrected chi connectivity index (χ2v) is 6.69. The SMILES string of the molecule is COc1ccc(C(=O)NNc2ncnc3c2cnn3-c2cc(Cl)ccc2C)cc1. The largest absolute Gasteiger partial charge is 0.497 e. The smallest absolute Gasteiger partial charge is 0.269 e. The first-order chi connectivity index (χ1) is 14.1. The lowest BCUT2D eigenvalue weighted by atomic mass is 10.2. The van der Waals surface area contributed by atoms with Crippen LogP contribution in [0.15, 0.2) is 55.0 Å². The number of fused-ring (bicyclic) bond motifs is 1. The van der Waals surface area contributed by atoms with Gasteiger partial charge in [-0.05, 0) is 48.9 Å². The van der Waals surface area contributed by atoms with Crippen molar-refractivity contribution in [1.29, 1.82) is 0 Å². The van der Waals surface area contributed by atoms with E-state index in [1.165, 1.54) is 6.33 Å². The molecule has 0 spiro atoms. The summed E-state index contributed by atoms with van der Waals surface area (Å²) in [6.45, 7) is 1.97. The van der Waals surface area contributed by atoms with Gasteiger partial charge in [-0.15, -0.1) is 0 Å². The van der Waals surface area contributed by atoms with E-state index in [-0.39, 0.29) is 5.91 Å². The first kappa shape index (κ1) is 18.7. The lowest BCUT2D eigenvalue weighted by Gasteiger charge is -2.10. The zero-order valence-corrected chi connectivity index (χ0v) is 16.4. The van der Waals surface area contributed by atoms with Crippen LogP contribution in [-0.4, -0.2) is 32.8 Å². The van der Waals surface area contributed by atoms with Gasteiger partial charge in [0.1, 0.15) is 12.1 Å². The third kappa shape index (κ3) is 3.70. The minimum absolute atomic E-state index is 0.308. The maximum Gasteiger partial charge on any atom is 0.269 e. The van der Waals surface area contributed by atoms with E-state index in [0.717, 1.165) is 11.3 Å². The molecule has 4 aromatic rings. The van der Waals surface area contributed by atoms with Crippen LogP contribution in [0.1, 0.15) is 15.9 Å². The average molecular weight is 409 g/mol. The molecule has 2 N–H and O–H groups in total. The number of hydrogen-bond donors (Lipinski definition) is 2. The van der Waals surface area contributed by atoms with Crippen LogP contribution in [0.25, 0.3) is 16.7 Å². The highest BCUT2D eigenvalue weighted by Crippen LogP contribution is 2.25. The molecule has 0 radical (unpaired) electrons. The lowest BCUT2D eigenvalue weighted by molar-refractivity contribution is 0.0962. The summed E-state index contributed by atoms with van der Waals surface area (Å²) < 4.78 is 6.79. The molecule has 2 aromatic heterocycles. The predicted molar refractivity (Wildman–Crippen MR) is 110 cm³/mol. The molecule has 0 aliphatic carbocycles. The molecule has 0 atom stereocenters. The van der Waals surface area contributed by atoms with Gasteiger partial charge in [-0.1, -0.05) is 17.7 Å². The van der Waals surface area contributed by atoms with E-state index in [4.69, 9.17) is 16.3 Å². The molecule has 0 aliphatic heterocycles. The summed E-state index contributed by atoms with van der Waals surface area (Å²) in [6, 6.07) is 12.3. The fourth-order valence-electron chi connectivity index (χ4n) is 2.86. The van der Waals surface area contributed by atoms with Gasteiger partial charge < -0.3 is 4.74 Å². The normalized spacial score (nSPS) is 10.7. The van der Waals surface area contributed by atoms with Gasteiger partial charge in [-0.2, -0.15) is 5.10 Å². The van der Waals surface area contributed by atoms with Crippen molar-refractivity contribution in [3.8, 4) is 11.4 Å². The summed E-state index contributed by atoms with van der Waals surface area (Å²) in [7, 11) is 1.57. The Morgan fingerprint density at radius 2 is 1.93 bits per heavy atom. The number of carbonyl (C=O) groups is 1. The monoisotopic (exact) mass is 408 g/mol. The van der Waals surface area contributed by atoms with Gasteiger partial charge in [-0.3, -0.25) is 15.6 Å². The standard InChI is InChI=1S/C20H17ClN6O2/c1-12-3-6-14(21)9-17(12)27-19-16(10-24-27)18(22-11-23-19)25-26-20(28)13-4-7-15(29-2)8-5-13/h3-11H,1-2H3,(H,26,28)(H,22,23,25). The minimum Gasteiger partial charge on any atom is -0.497 e. The highest BCUT2D eigenvalue weighted by Gasteiger charge is 2.14. The number of amides is 1. The molecule has 1 amide bonds. The van der Waals surface area contributed by atoms with E-state index in [2.05, 4.69) is 25.9 Å². The van der Waals surface area contributed by atoms with E-state index < -0.39 is 0 Å². The summed E-state index contributed by atoms with van der Waals surface area (Å²) in [6.07, 6.45) is 3.04. The topological polar surface area (TPSA) is 94.0 Å².